The van der Waals surface area contributed by atoms with E-state index >= 15 is 0 Å². The van der Waals surface area contributed by atoms with Gasteiger partial charge < -0.3 is 10.1 Å². The maximum Gasteiger partial charge on any atom is 0.134 e. The minimum atomic E-state index is 0.597. The van der Waals surface area contributed by atoms with Crippen molar-refractivity contribution < 1.29 is 4.74 Å². The summed E-state index contributed by atoms with van der Waals surface area (Å²) in [5.41, 5.74) is 0. The molecule has 3 rings (SSSR count). The van der Waals surface area contributed by atoms with Crippen LogP contribution in [0.3, 0.4) is 0 Å². The molecule has 0 amide bonds. The Morgan fingerprint density at radius 3 is 2.94 bits per heavy atom. The summed E-state index contributed by atoms with van der Waals surface area (Å²) in [6, 6.07) is 8.69. The maximum absolute atomic E-state index is 5.39. The lowest BCUT2D eigenvalue weighted by Gasteiger charge is -2.10. The summed E-state index contributed by atoms with van der Waals surface area (Å²) in [5.74, 6) is 2.70. The molecular weight excluding hydrogens is 224 g/mol. The van der Waals surface area contributed by atoms with E-state index in [1.54, 1.807) is 7.11 Å². The number of hydrogen-bond donors (Lipinski definition) is 1. The average Bonchev–Trinajstić information content (AvgIpc) is 3.17. The number of pyridine rings is 1. The van der Waals surface area contributed by atoms with Crippen molar-refractivity contribution in [1.82, 2.24) is 4.98 Å². The van der Waals surface area contributed by atoms with Crippen LogP contribution in [0, 0.1) is 5.92 Å². The molecule has 1 aromatic heterocycles. The fraction of sp³-hybridized carbons (Fsp3) is 0.400. The minimum Gasteiger partial charge on any atom is -0.496 e. The summed E-state index contributed by atoms with van der Waals surface area (Å²) in [6.07, 6.45) is 4.35. The van der Waals surface area contributed by atoms with Crippen LogP contribution in [-0.2, 0) is 0 Å². The van der Waals surface area contributed by atoms with Gasteiger partial charge in [0, 0.05) is 23.0 Å². The number of fused-ring (bicyclic) bond motifs is 1. The van der Waals surface area contributed by atoms with Gasteiger partial charge in [-0.1, -0.05) is 25.5 Å². The number of hydrogen-bond acceptors (Lipinski definition) is 3. The molecule has 0 aliphatic heterocycles. The van der Waals surface area contributed by atoms with Crippen LogP contribution in [0.1, 0.15) is 19.8 Å². The molecule has 2 atom stereocenters. The molecule has 1 aliphatic carbocycles. The van der Waals surface area contributed by atoms with Gasteiger partial charge in [-0.05, 0) is 24.5 Å². The highest BCUT2D eigenvalue weighted by Crippen LogP contribution is 2.37. The third-order valence-electron chi connectivity index (χ3n) is 3.76. The molecule has 0 bridgehead atoms. The zero-order valence-electron chi connectivity index (χ0n) is 10.8. The Bertz CT molecular complexity index is 567. The predicted octanol–water partition coefficient (Wildman–Crippen LogP) is 3.45. The Balaban J connectivity index is 1.97. The van der Waals surface area contributed by atoms with Gasteiger partial charge in [-0.2, -0.15) is 0 Å². The average molecular weight is 242 g/mol. The molecule has 1 N–H and O–H groups in total. The fourth-order valence-electron chi connectivity index (χ4n) is 2.52. The lowest BCUT2D eigenvalue weighted by atomic mass is 10.1. The topological polar surface area (TPSA) is 34.2 Å². The van der Waals surface area contributed by atoms with Gasteiger partial charge in [0.25, 0.3) is 0 Å². The van der Waals surface area contributed by atoms with Gasteiger partial charge >= 0.3 is 0 Å². The lowest BCUT2D eigenvalue weighted by Crippen LogP contribution is -2.06. The number of aromatic nitrogens is 1. The molecule has 1 aliphatic rings. The first-order valence-electron chi connectivity index (χ1n) is 6.51. The molecule has 1 heterocycles. The van der Waals surface area contributed by atoms with Gasteiger partial charge in [0.1, 0.15) is 11.6 Å². The van der Waals surface area contributed by atoms with Gasteiger partial charge in [0.15, 0.2) is 0 Å². The molecule has 3 heteroatoms. The van der Waals surface area contributed by atoms with Crippen molar-refractivity contribution in [2.45, 2.75) is 25.8 Å². The zero-order valence-corrected chi connectivity index (χ0v) is 10.8. The van der Waals surface area contributed by atoms with E-state index in [-0.39, 0.29) is 0 Å². The van der Waals surface area contributed by atoms with Gasteiger partial charge in [-0.3, -0.25) is 0 Å². The Morgan fingerprint density at radius 1 is 1.33 bits per heavy atom. The molecule has 94 valence electrons. The van der Waals surface area contributed by atoms with Crippen LogP contribution < -0.4 is 10.1 Å². The highest BCUT2D eigenvalue weighted by Gasteiger charge is 2.35. The predicted molar refractivity (Wildman–Crippen MR) is 74.1 cm³/mol. The standard InChI is InChI=1S/C15H18N2O/c1-3-10-9-13(10)17-15-12-5-4-6-14(18-2)11(12)7-8-16-15/h4-8,10,13H,3,9H2,1-2H3,(H,16,17). The van der Waals surface area contributed by atoms with Crippen LogP contribution in [0.15, 0.2) is 30.5 Å². The Labute approximate surface area is 107 Å². The number of ether oxygens (including phenoxy) is 1. The molecule has 2 aromatic rings. The van der Waals surface area contributed by atoms with E-state index < -0.39 is 0 Å². The second kappa shape index (κ2) is 4.48. The highest BCUT2D eigenvalue weighted by molar-refractivity contribution is 5.95. The van der Waals surface area contributed by atoms with Crippen LogP contribution >= 0.6 is 0 Å². The number of nitrogens with zero attached hydrogens (tertiary/aromatic N) is 1. The summed E-state index contributed by atoms with van der Waals surface area (Å²) in [5, 5.41) is 5.80. The van der Waals surface area contributed by atoms with Crippen LogP contribution in [0.5, 0.6) is 5.75 Å². The van der Waals surface area contributed by atoms with Gasteiger partial charge in [-0.15, -0.1) is 0 Å². The number of methoxy groups -OCH3 is 1. The van der Waals surface area contributed by atoms with Crippen LogP contribution in [0.25, 0.3) is 10.8 Å². The number of anilines is 1. The molecule has 0 saturated heterocycles. The summed E-state index contributed by atoms with van der Waals surface area (Å²) in [4.78, 5) is 4.46. The van der Waals surface area contributed by atoms with Crippen molar-refractivity contribution in [2.75, 3.05) is 12.4 Å². The largest absolute Gasteiger partial charge is 0.496 e. The van der Waals surface area contributed by atoms with E-state index in [4.69, 9.17) is 4.74 Å². The first-order chi connectivity index (χ1) is 8.83. The van der Waals surface area contributed by atoms with E-state index in [1.807, 2.05) is 24.4 Å². The van der Waals surface area contributed by atoms with Crippen LogP contribution in [-0.4, -0.2) is 18.1 Å². The van der Waals surface area contributed by atoms with Crippen molar-refractivity contribution in [3.05, 3.63) is 30.5 Å². The Hall–Kier alpha value is -1.77. The van der Waals surface area contributed by atoms with Crippen LogP contribution in [0.2, 0.25) is 0 Å². The first kappa shape index (κ1) is 11.3. The van der Waals surface area contributed by atoms with Crippen molar-refractivity contribution in [1.29, 1.82) is 0 Å². The molecule has 18 heavy (non-hydrogen) atoms. The van der Waals surface area contributed by atoms with Crippen molar-refractivity contribution in [3.63, 3.8) is 0 Å². The van der Waals surface area contributed by atoms with E-state index in [9.17, 15) is 0 Å². The summed E-state index contributed by atoms with van der Waals surface area (Å²) in [6.45, 7) is 2.24. The second-order valence-electron chi connectivity index (χ2n) is 4.87. The van der Waals surface area contributed by atoms with E-state index in [0.29, 0.717) is 6.04 Å². The molecule has 1 saturated carbocycles. The molecule has 2 unspecified atom stereocenters. The molecule has 3 nitrogen and oxygen atoms in total. The third kappa shape index (κ3) is 1.90. The van der Waals surface area contributed by atoms with Crippen molar-refractivity contribution >= 4 is 16.6 Å². The quantitative estimate of drug-likeness (QED) is 0.891. The summed E-state index contributed by atoms with van der Waals surface area (Å²) < 4.78 is 5.39. The number of nitrogens with one attached hydrogen (secondary N) is 1. The zero-order chi connectivity index (χ0) is 12.5. The SMILES string of the molecule is CCC1CC1Nc1nccc2c(OC)cccc12. The molecule has 1 fully saturated rings. The number of benzene rings is 1. The second-order valence-corrected chi connectivity index (χ2v) is 4.87. The van der Waals surface area contributed by atoms with Crippen LogP contribution in [0.4, 0.5) is 5.82 Å². The first-order valence-corrected chi connectivity index (χ1v) is 6.51. The van der Waals surface area contributed by atoms with Gasteiger partial charge in [0.2, 0.25) is 0 Å². The Kier molecular flexibility index (Phi) is 2.82. The third-order valence-corrected chi connectivity index (χ3v) is 3.76. The molecule has 0 radical (unpaired) electrons. The number of rotatable bonds is 4. The van der Waals surface area contributed by atoms with Gasteiger partial charge in [0.05, 0.1) is 7.11 Å². The lowest BCUT2D eigenvalue weighted by molar-refractivity contribution is 0.420. The molecular formula is C15H18N2O. The molecule has 0 spiro atoms. The Morgan fingerprint density at radius 2 is 2.22 bits per heavy atom. The van der Waals surface area contributed by atoms with E-state index in [2.05, 4.69) is 23.3 Å². The molecule has 1 aromatic carbocycles. The monoisotopic (exact) mass is 242 g/mol. The normalized spacial score (nSPS) is 21.9. The van der Waals surface area contributed by atoms with E-state index in [1.165, 1.54) is 12.8 Å². The maximum atomic E-state index is 5.39. The smallest absolute Gasteiger partial charge is 0.134 e. The van der Waals surface area contributed by atoms with Crippen molar-refractivity contribution in [2.24, 2.45) is 5.92 Å². The highest BCUT2D eigenvalue weighted by atomic mass is 16.5. The van der Waals surface area contributed by atoms with Gasteiger partial charge in [-0.25, -0.2) is 4.98 Å². The fourth-order valence-corrected chi connectivity index (χ4v) is 2.52. The summed E-state index contributed by atoms with van der Waals surface area (Å²) in [7, 11) is 1.70. The van der Waals surface area contributed by atoms with Crippen molar-refractivity contribution in [3.8, 4) is 5.75 Å². The minimum absolute atomic E-state index is 0.597. The van der Waals surface area contributed by atoms with E-state index in [0.717, 1.165) is 28.3 Å². The summed E-state index contributed by atoms with van der Waals surface area (Å²) >= 11 is 0.